The van der Waals surface area contributed by atoms with Crippen molar-refractivity contribution in [3.8, 4) is 0 Å². The van der Waals surface area contributed by atoms with Gasteiger partial charge in [-0.05, 0) is 30.9 Å². The third-order valence-corrected chi connectivity index (χ3v) is 4.34. The van der Waals surface area contributed by atoms with Crippen LogP contribution in [0.15, 0.2) is 30.3 Å². The zero-order chi connectivity index (χ0) is 18.2. The number of nitrogens with one attached hydrogen (secondary N) is 1. The van der Waals surface area contributed by atoms with Gasteiger partial charge in [-0.15, -0.1) is 0 Å². The molecule has 25 heavy (non-hydrogen) atoms. The predicted octanol–water partition coefficient (Wildman–Crippen LogP) is 2.85. The van der Waals surface area contributed by atoms with Gasteiger partial charge in [-0.25, -0.2) is 4.79 Å². The van der Waals surface area contributed by atoms with Gasteiger partial charge in [0.05, 0.1) is 10.5 Å². The summed E-state index contributed by atoms with van der Waals surface area (Å²) >= 11 is 0. The molecule has 1 N–H and O–H groups in total. The van der Waals surface area contributed by atoms with E-state index in [0.717, 1.165) is 25.3 Å². The summed E-state index contributed by atoms with van der Waals surface area (Å²) in [5, 5.41) is 13.8. The first-order valence-corrected chi connectivity index (χ1v) is 8.35. The molecule has 2 rings (SSSR count). The highest BCUT2D eigenvalue weighted by atomic mass is 16.6. The maximum atomic E-state index is 11.9. The molecule has 2 atom stereocenters. The third-order valence-electron chi connectivity index (χ3n) is 4.34. The summed E-state index contributed by atoms with van der Waals surface area (Å²) in [5.74, 6) is -0.622. The topological polar surface area (TPSA) is 98.5 Å². The van der Waals surface area contributed by atoms with Gasteiger partial charge in [0.2, 0.25) is 0 Å². The zero-order valence-corrected chi connectivity index (χ0v) is 14.1. The van der Waals surface area contributed by atoms with E-state index in [4.69, 9.17) is 4.74 Å². The minimum atomic E-state index is -0.718. The smallest absolute Gasteiger partial charge is 0.331 e. The first-order valence-electron chi connectivity index (χ1n) is 8.35. The number of nitrogens with zero attached hydrogens (tertiary/aromatic N) is 1. The molecule has 1 aliphatic carbocycles. The molecule has 0 unspecified atom stereocenters. The minimum absolute atomic E-state index is 0.101. The molecule has 7 heteroatoms. The molecule has 0 radical (unpaired) electrons. The van der Waals surface area contributed by atoms with E-state index in [2.05, 4.69) is 12.2 Å². The second-order valence-electron chi connectivity index (χ2n) is 6.19. The number of carbonyl (C=O) groups excluding carboxylic acids is 2. The monoisotopic (exact) mass is 346 g/mol. The Labute approximate surface area is 146 Å². The van der Waals surface area contributed by atoms with Crippen LogP contribution in [0.25, 0.3) is 6.08 Å². The fourth-order valence-corrected chi connectivity index (χ4v) is 2.92. The van der Waals surface area contributed by atoms with Crippen molar-refractivity contribution >= 4 is 23.6 Å². The highest BCUT2D eigenvalue weighted by Crippen LogP contribution is 2.23. The Balaban J connectivity index is 1.82. The fraction of sp³-hybridized carbons (Fsp3) is 0.444. The lowest BCUT2D eigenvalue weighted by Crippen LogP contribution is -2.42. The lowest BCUT2D eigenvalue weighted by Gasteiger charge is -2.29. The Morgan fingerprint density at radius 2 is 2.04 bits per heavy atom. The van der Waals surface area contributed by atoms with Gasteiger partial charge in [0.1, 0.15) is 0 Å². The van der Waals surface area contributed by atoms with Crippen molar-refractivity contribution in [2.75, 3.05) is 6.61 Å². The van der Waals surface area contributed by atoms with Crippen LogP contribution in [0.5, 0.6) is 0 Å². The number of rotatable bonds is 6. The standard InChI is InChI=1S/C18H22N2O5/c1-13-6-2-4-8-15(13)19-17(21)12-25-18(22)11-10-14-7-3-5-9-16(14)20(23)24/h3,5,7,9-11,13,15H,2,4,6,8,12H2,1H3,(H,19,21)/b11-10+/t13-,15+/m1/s1. The highest BCUT2D eigenvalue weighted by molar-refractivity contribution is 5.90. The molecule has 0 spiro atoms. The van der Waals surface area contributed by atoms with Crippen LogP contribution in [0.1, 0.15) is 38.2 Å². The summed E-state index contributed by atoms with van der Waals surface area (Å²) in [6, 6.07) is 6.19. The average molecular weight is 346 g/mol. The van der Waals surface area contributed by atoms with Crippen LogP contribution in [0.3, 0.4) is 0 Å². The maximum absolute atomic E-state index is 11.9. The molecule has 0 aromatic heterocycles. The van der Waals surface area contributed by atoms with Crippen molar-refractivity contribution in [1.29, 1.82) is 0 Å². The Morgan fingerprint density at radius 1 is 1.32 bits per heavy atom. The van der Waals surface area contributed by atoms with Crippen LogP contribution < -0.4 is 5.32 Å². The Bertz CT molecular complexity index is 671. The van der Waals surface area contributed by atoms with E-state index < -0.39 is 10.9 Å². The molecule has 1 aromatic carbocycles. The van der Waals surface area contributed by atoms with Crippen molar-refractivity contribution in [2.45, 2.75) is 38.6 Å². The number of nitro benzene ring substituents is 1. The van der Waals surface area contributed by atoms with Gasteiger partial charge in [0.25, 0.3) is 11.6 Å². The molecule has 1 fully saturated rings. The molecule has 0 saturated heterocycles. The normalized spacial score (nSPS) is 20.2. The Kier molecular flexibility index (Phi) is 6.68. The molecule has 0 bridgehead atoms. The van der Waals surface area contributed by atoms with Gasteiger partial charge in [-0.1, -0.05) is 31.9 Å². The van der Waals surface area contributed by atoms with Crippen LogP contribution in [0.2, 0.25) is 0 Å². The number of benzene rings is 1. The first-order chi connectivity index (χ1) is 12.0. The van der Waals surface area contributed by atoms with Crippen LogP contribution in [-0.4, -0.2) is 29.4 Å². The molecule has 1 aliphatic rings. The van der Waals surface area contributed by atoms with E-state index in [-0.39, 0.29) is 24.2 Å². The van der Waals surface area contributed by atoms with Gasteiger partial charge < -0.3 is 10.1 Å². The van der Waals surface area contributed by atoms with E-state index in [1.54, 1.807) is 12.1 Å². The Hall–Kier alpha value is -2.70. The molecule has 1 amide bonds. The molecule has 1 saturated carbocycles. The lowest BCUT2D eigenvalue weighted by molar-refractivity contribution is -0.385. The van der Waals surface area contributed by atoms with E-state index in [1.807, 2.05) is 0 Å². The lowest BCUT2D eigenvalue weighted by atomic mass is 9.86. The molecule has 7 nitrogen and oxygen atoms in total. The predicted molar refractivity (Wildman–Crippen MR) is 92.7 cm³/mol. The number of amides is 1. The Morgan fingerprint density at radius 3 is 2.76 bits per heavy atom. The molecular weight excluding hydrogens is 324 g/mol. The van der Waals surface area contributed by atoms with Crippen LogP contribution in [0.4, 0.5) is 5.69 Å². The summed E-state index contributed by atoms with van der Waals surface area (Å²) in [6.45, 7) is 1.74. The van der Waals surface area contributed by atoms with Crippen molar-refractivity contribution in [3.63, 3.8) is 0 Å². The zero-order valence-electron chi connectivity index (χ0n) is 14.1. The van der Waals surface area contributed by atoms with Crippen molar-refractivity contribution in [3.05, 3.63) is 46.0 Å². The van der Waals surface area contributed by atoms with Crippen LogP contribution in [0, 0.1) is 16.0 Å². The van der Waals surface area contributed by atoms with E-state index in [1.165, 1.54) is 24.6 Å². The third kappa shape index (κ3) is 5.70. The molecular formula is C18H22N2O5. The van der Waals surface area contributed by atoms with Crippen molar-refractivity contribution in [2.24, 2.45) is 5.92 Å². The quantitative estimate of drug-likeness (QED) is 0.370. The summed E-state index contributed by atoms with van der Waals surface area (Å²) in [7, 11) is 0. The summed E-state index contributed by atoms with van der Waals surface area (Å²) in [5.41, 5.74) is 0.195. The van der Waals surface area contributed by atoms with E-state index in [0.29, 0.717) is 11.5 Å². The first kappa shape index (κ1) is 18.6. The van der Waals surface area contributed by atoms with E-state index >= 15 is 0 Å². The number of esters is 1. The highest BCUT2D eigenvalue weighted by Gasteiger charge is 2.23. The van der Waals surface area contributed by atoms with Crippen molar-refractivity contribution in [1.82, 2.24) is 5.32 Å². The second-order valence-corrected chi connectivity index (χ2v) is 6.19. The van der Waals surface area contributed by atoms with Gasteiger partial charge in [-0.2, -0.15) is 0 Å². The van der Waals surface area contributed by atoms with Crippen LogP contribution >= 0.6 is 0 Å². The summed E-state index contributed by atoms with van der Waals surface area (Å²) in [6.07, 6.45) is 6.69. The number of carbonyl (C=O) groups is 2. The van der Waals surface area contributed by atoms with Gasteiger partial charge in [-0.3, -0.25) is 14.9 Å². The summed E-state index contributed by atoms with van der Waals surface area (Å²) in [4.78, 5) is 34.0. The molecule has 134 valence electrons. The van der Waals surface area contributed by atoms with Crippen molar-refractivity contribution < 1.29 is 19.2 Å². The maximum Gasteiger partial charge on any atom is 0.331 e. The van der Waals surface area contributed by atoms with Gasteiger partial charge >= 0.3 is 5.97 Å². The van der Waals surface area contributed by atoms with Gasteiger partial charge in [0, 0.05) is 18.2 Å². The van der Waals surface area contributed by atoms with Gasteiger partial charge in [0.15, 0.2) is 6.61 Å². The molecule has 1 aromatic rings. The molecule has 0 heterocycles. The number of hydrogen-bond donors (Lipinski definition) is 1. The average Bonchev–Trinajstić information content (AvgIpc) is 2.60. The number of ether oxygens (including phenoxy) is 1. The number of hydrogen-bond acceptors (Lipinski definition) is 5. The fourth-order valence-electron chi connectivity index (χ4n) is 2.92. The van der Waals surface area contributed by atoms with Crippen LogP contribution in [-0.2, 0) is 14.3 Å². The van der Waals surface area contributed by atoms with E-state index in [9.17, 15) is 19.7 Å². The summed E-state index contributed by atoms with van der Waals surface area (Å²) < 4.78 is 4.90. The number of para-hydroxylation sites is 1. The SMILES string of the molecule is C[C@@H]1CCCC[C@@H]1NC(=O)COC(=O)/C=C/c1ccccc1[N+](=O)[O-]. The second kappa shape index (κ2) is 8.96. The largest absolute Gasteiger partial charge is 0.452 e. The molecule has 0 aliphatic heterocycles. The minimum Gasteiger partial charge on any atom is -0.452 e. The number of nitro groups is 1.